The lowest BCUT2D eigenvalue weighted by Crippen LogP contribution is -2.37. The van der Waals surface area contributed by atoms with E-state index in [2.05, 4.69) is 10.3 Å². The van der Waals surface area contributed by atoms with Crippen LogP contribution < -0.4 is 5.32 Å². The molecule has 6 nitrogen and oxygen atoms in total. The molecule has 2 N–H and O–H groups in total. The smallest absolute Gasteiger partial charge is 0.332 e. The Morgan fingerprint density at radius 1 is 1.47 bits per heavy atom. The third-order valence-electron chi connectivity index (χ3n) is 3.13. The second-order valence-corrected chi connectivity index (χ2v) is 4.55. The van der Waals surface area contributed by atoms with Crippen LogP contribution in [0.15, 0.2) is 24.5 Å². The molecule has 1 aliphatic rings. The number of aliphatic carboxylic acids is 1. The van der Waals surface area contributed by atoms with Gasteiger partial charge in [-0.2, -0.15) is 0 Å². The summed E-state index contributed by atoms with van der Waals surface area (Å²) < 4.78 is 5.19. The van der Waals surface area contributed by atoms with Gasteiger partial charge in [0.2, 0.25) is 5.91 Å². The molecule has 2 unspecified atom stereocenters. The molecule has 2 rings (SSSR count). The van der Waals surface area contributed by atoms with Crippen LogP contribution in [0.4, 0.5) is 0 Å². The summed E-state index contributed by atoms with van der Waals surface area (Å²) >= 11 is 0. The Bertz CT molecular complexity index is 463. The van der Waals surface area contributed by atoms with Gasteiger partial charge in [-0.1, -0.05) is 6.07 Å². The highest BCUT2D eigenvalue weighted by Gasteiger charge is 2.35. The number of carbonyl (C=O) groups is 2. The van der Waals surface area contributed by atoms with E-state index in [4.69, 9.17) is 9.84 Å². The Morgan fingerprint density at radius 3 is 2.79 bits per heavy atom. The Labute approximate surface area is 110 Å². The molecular weight excluding hydrogens is 248 g/mol. The molecule has 1 aromatic rings. The van der Waals surface area contributed by atoms with Crippen molar-refractivity contribution in [2.45, 2.75) is 38.0 Å². The van der Waals surface area contributed by atoms with E-state index in [1.807, 2.05) is 13.0 Å². The molecule has 1 fully saturated rings. The predicted octanol–water partition coefficient (Wildman–Crippen LogP) is 0.891. The lowest BCUT2D eigenvalue weighted by Gasteiger charge is -2.17. The number of ether oxygens (including phenoxy) is 1. The number of hydrogen-bond donors (Lipinski definition) is 2. The summed E-state index contributed by atoms with van der Waals surface area (Å²) in [6.45, 7) is 1.85. The van der Waals surface area contributed by atoms with Crippen molar-refractivity contribution in [3.05, 3.63) is 30.1 Å². The summed E-state index contributed by atoms with van der Waals surface area (Å²) in [6, 6.07) is 3.48. The fourth-order valence-electron chi connectivity index (χ4n) is 2.03. The van der Waals surface area contributed by atoms with E-state index in [9.17, 15) is 9.59 Å². The maximum Gasteiger partial charge on any atom is 0.332 e. The summed E-state index contributed by atoms with van der Waals surface area (Å²) in [6.07, 6.45) is 2.59. The van der Waals surface area contributed by atoms with Crippen LogP contribution in [0.1, 0.15) is 31.4 Å². The molecule has 0 bridgehead atoms. The first-order valence-electron chi connectivity index (χ1n) is 6.16. The van der Waals surface area contributed by atoms with Crippen LogP contribution in [0.3, 0.4) is 0 Å². The molecule has 6 heteroatoms. The topological polar surface area (TPSA) is 88.5 Å². The van der Waals surface area contributed by atoms with Gasteiger partial charge in [0.25, 0.3) is 0 Å². The van der Waals surface area contributed by atoms with Gasteiger partial charge in [0, 0.05) is 12.4 Å². The second kappa shape index (κ2) is 5.79. The third-order valence-corrected chi connectivity index (χ3v) is 3.13. The average molecular weight is 264 g/mol. The summed E-state index contributed by atoms with van der Waals surface area (Å²) in [5, 5.41) is 11.6. The molecule has 1 amide bonds. The van der Waals surface area contributed by atoms with E-state index in [0.29, 0.717) is 12.8 Å². The zero-order chi connectivity index (χ0) is 13.8. The molecule has 0 spiro atoms. The molecule has 0 saturated carbocycles. The zero-order valence-corrected chi connectivity index (χ0v) is 10.6. The van der Waals surface area contributed by atoms with Gasteiger partial charge in [0.15, 0.2) is 6.10 Å². The molecule has 0 radical (unpaired) electrons. The minimum absolute atomic E-state index is 0.186. The van der Waals surface area contributed by atoms with Gasteiger partial charge >= 0.3 is 5.97 Å². The molecule has 0 aromatic carbocycles. The number of hydrogen-bond acceptors (Lipinski definition) is 4. The number of aromatic nitrogens is 1. The normalized spacial score (nSPS) is 23.8. The van der Waals surface area contributed by atoms with E-state index in [-0.39, 0.29) is 11.9 Å². The van der Waals surface area contributed by atoms with Crippen LogP contribution in [0.25, 0.3) is 0 Å². The summed E-state index contributed by atoms with van der Waals surface area (Å²) in [5.41, 5.74) is 0.892. The summed E-state index contributed by atoms with van der Waals surface area (Å²) in [4.78, 5) is 26.7. The quantitative estimate of drug-likeness (QED) is 0.843. The number of nitrogens with zero attached hydrogens (tertiary/aromatic N) is 1. The molecule has 3 atom stereocenters. The van der Waals surface area contributed by atoms with Crippen LogP contribution in [0, 0.1) is 0 Å². The first kappa shape index (κ1) is 13.5. The Morgan fingerprint density at radius 2 is 2.21 bits per heavy atom. The van der Waals surface area contributed by atoms with Crippen molar-refractivity contribution in [2.24, 2.45) is 0 Å². The van der Waals surface area contributed by atoms with E-state index >= 15 is 0 Å². The molecule has 19 heavy (non-hydrogen) atoms. The minimum atomic E-state index is -1.02. The van der Waals surface area contributed by atoms with Crippen molar-refractivity contribution in [1.82, 2.24) is 10.3 Å². The standard InChI is InChI=1S/C13H16N2O4/c1-8(9-3-2-6-14-7-9)15-12(16)10-4-5-11(19-10)13(17)18/h2-3,6-8,10-11H,4-5H2,1H3,(H,15,16)(H,17,18)/t8-,10?,11?/m0/s1. The monoisotopic (exact) mass is 264 g/mol. The largest absolute Gasteiger partial charge is 0.479 e. The fraction of sp³-hybridized carbons (Fsp3) is 0.462. The van der Waals surface area contributed by atoms with Crippen molar-refractivity contribution in [3.8, 4) is 0 Å². The third kappa shape index (κ3) is 3.29. The van der Waals surface area contributed by atoms with Gasteiger partial charge in [0.05, 0.1) is 6.04 Å². The second-order valence-electron chi connectivity index (χ2n) is 4.55. The number of carboxylic acid groups (broad SMARTS) is 1. The van der Waals surface area contributed by atoms with Crippen molar-refractivity contribution in [1.29, 1.82) is 0 Å². The summed E-state index contributed by atoms with van der Waals surface area (Å²) in [5.74, 6) is -1.30. The van der Waals surface area contributed by atoms with Crippen LogP contribution in [0.2, 0.25) is 0 Å². The van der Waals surface area contributed by atoms with Gasteiger partial charge in [-0.3, -0.25) is 9.78 Å². The Hall–Kier alpha value is -1.95. The lowest BCUT2D eigenvalue weighted by atomic mass is 10.1. The molecule has 1 aromatic heterocycles. The van der Waals surface area contributed by atoms with E-state index in [1.54, 1.807) is 18.5 Å². The van der Waals surface area contributed by atoms with Gasteiger partial charge in [-0.15, -0.1) is 0 Å². The van der Waals surface area contributed by atoms with Gasteiger partial charge < -0.3 is 15.2 Å². The van der Waals surface area contributed by atoms with Gasteiger partial charge in [-0.25, -0.2) is 4.79 Å². The Balaban J connectivity index is 1.90. The molecule has 2 heterocycles. The number of amides is 1. The van der Waals surface area contributed by atoms with Crippen LogP contribution in [-0.4, -0.2) is 34.2 Å². The zero-order valence-electron chi connectivity index (χ0n) is 10.6. The molecule has 1 saturated heterocycles. The van der Waals surface area contributed by atoms with Crippen molar-refractivity contribution in [3.63, 3.8) is 0 Å². The number of rotatable bonds is 4. The lowest BCUT2D eigenvalue weighted by molar-refractivity contribution is -0.151. The highest BCUT2D eigenvalue weighted by atomic mass is 16.5. The van der Waals surface area contributed by atoms with E-state index < -0.39 is 18.2 Å². The van der Waals surface area contributed by atoms with Crippen molar-refractivity contribution < 1.29 is 19.4 Å². The number of nitrogens with one attached hydrogen (secondary N) is 1. The van der Waals surface area contributed by atoms with Gasteiger partial charge in [0.1, 0.15) is 6.10 Å². The first-order chi connectivity index (χ1) is 9.08. The van der Waals surface area contributed by atoms with Gasteiger partial charge in [-0.05, 0) is 31.4 Å². The summed E-state index contributed by atoms with van der Waals surface area (Å²) in [7, 11) is 0. The highest BCUT2D eigenvalue weighted by Crippen LogP contribution is 2.21. The van der Waals surface area contributed by atoms with E-state index in [1.165, 1.54) is 0 Å². The van der Waals surface area contributed by atoms with Crippen molar-refractivity contribution in [2.75, 3.05) is 0 Å². The van der Waals surface area contributed by atoms with Crippen LogP contribution >= 0.6 is 0 Å². The fourth-order valence-corrected chi connectivity index (χ4v) is 2.03. The maximum absolute atomic E-state index is 11.9. The molecule has 1 aliphatic heterocycles. The van der Waals surface area contributed by atoms with Crippen LogP contribution in [-0.2, 0) is 14.3 Å². The molecule has 0 aliphatic carbocycles. The average Bonchev–Trinajstić information content (AvgIpc) is 2.89. The Kier molecular flexibility index (Phi) is 4.11. The van der Waals surface area contributed by atoms with Crippen LogP contribution in [0.5, 0.6) is 0 Å². The minimum Gasteiger partial charge on any atom is -0.479 e. The molecule has 102 valence electrons. The number of carboxylic acids is 1. The number of carbonyl (C=O) groups excluding carboxylic acids is 1. The van der Waals surface area contributed by atoms with E-state index in [0.717, 1.165) is 5.56 Å². The highest BCUT2D eigenvalue weighted by molar-refractivity contribution is 5.82. The molecular formula is C13H16N2O4. The maximum atomic E-state index is 11.9. The first-order valence-corrected chi connectivity index (χ1v) is 6.16. The van der Waals surface area contributed by atoms with Crippen molar-refractivity contribution >= 4 is 11.9 Å². The predicted molar refractivity (Wildman–Crippen MR) is 66.3 cm³/mol. The number of pyridine rings is 1. The SMILES string of the molecule is C[C@H](NC(=O)C1CCC(C(=O)O)O1)c1cccnc1.